The molecule has 0 spiro atoms. The van der Waals surface area contributed by atoms with Crippen LogP contribution in [-0.2, 0) is 6.61 Å². The highest BCUT2D eigenvalue weighted by Crippen LogP contribution is 2.38. The smallest absolute Gasteiger partial charge is 0.161 e. The van der Waals surface area contributed by atoms with Crippen molar-refractivity contribution in [1.82, 2.24) is 5.43 Å². The fraction of sp³-hybridized carbons (Fsp3) is 0.136. The predicted molar refractivity (Wildman–Crippen MR) is 110 cm³/mol. The van der Waals surface area contributed by atoms with E-state index in [4.69, 9.17) is 9.47 Å². The van der Waals surface area contributed by atoms with Gasteiger partial charge in [-0.05, 0) is 23.8 Å². The molecule has 1 atom stereocenters. The lowest BCUT2D eigenvalue weighted by Crippen LogP contribution is -2.07. The van der Waals surface area contributed by atoms with E-state index in [1.54, 1.807) is 37.1 Å². The van der Waals surface area contributed by atoms with Gasteiger partial charge in [0, 0.05) is 11.1 Å². The van der Waals surface area contributed by atoms with Gasteiger partial charge in [0.05, 0.1) is 7.11 Å². The van der Waals surface area contributed by atoms with Gasteiger partial charge >= 0.3 is 0 Å². The van der Waals surface area contributed by atoms with Gasteiger partial charge in [-0.25, -0.2) is 4.39 Å². The zero-order valence-corrected chi connectivity index (χ0v) is 16.1. The Morgan fingerprint density at radius 2 is 1.79 bits per heavy atom. The van der Waals surface area contributed by atoms with E-state index in [-0.39, 0.29) is 17.8 Å². The Bertz CT molecular complexity index is 995. The van der Waals surface area contributed by atoms with E-state index < -0.39 is 0 Å². The zero-order chi connectivity index (χ0) is 19.3. The number of hydrogen-bond acceptors (Lipinski definition) is 5. The largest absolute Gasteiger partial charge is 0.493 e. The molecule has 0 bridgehead atoms. The molecule has 0 unspecified atom stereocenters. The quantitative estimate of drug-likeness (QED) is 0.631. The number of nitrogens with zero attached hydrogens (tertiary/aromatic N) is 1. The van der Waals surface area contributed by atoms with E-state index in [2.05, 4.69) is 10.5 Å². The number of nitrogens with one attached hydrogen (secondary N) is 1. The van der Waals surface area contributed by atoms with Crippen molar-refractivity contribution in [2.45, 2.75) is 12.0 Å². The molecule has 0 radical (unpaired) electrons. The minimum Gasteiger partial charge on any atom is -0.493 e. The average molecular weight is 394 g/mol. The van der Waals surface area contributed by atoms with Crippen molar-refractivity contribution in [3.63, 3.8) is 0 Å². The summed E-state index contributed by atoms with van der Waals surface area (Å²) in [6.45, 7) is 0.139. The summed E-state index contributed by atoms with van der Waals surface area (Å²) in [5.74, 6) is 0.890. The van der Waals surface area contributed by atoms with Crippen LogP contribution in [0.15, 0.2) is 77.9 Å². The van der Waals surface area contributed by atoms with Gasteiger partial charge < -0.3 is 9.47 Å². The molecule has 4 rings (SSSR count). The Morgan fingerprint density at radius 1 is 1.00 bits per heavy atom. The van der Waals surface area contributed by atoms with Gasteiger partial charge in [-0.15, -0.1) is 0 Å². The summed E-state index contributed by atoms with van der Waals surface area (Å²) in [5, 5.41) is 5.38. The average Bonchev–Trinajstić information content (AvgIpc) is 3.24. The van der Waals surface area contributed by atoms with E-state index >= 15 is 0 Å². The first-order valence-electron chi connectivity index (χ1n) is 8.84. The molecule has 3 aromatic rings. The minimum absolute atomic E-state index is 0.00951. The first kappa shape index (κ1) is 18.4. The summed E-state index contributed by atoms with van der Waals surface area (Å²) in [7, 11) is 1.59. The number of hydrogen-bond donors (Lipinski definition) is 1. The molecule has 3 aromatic carbocycles. The van der Waals surface area contributed by atoms with Crippen LogP contribution in [0.25, 0.3) is 0 Å². The molecular weight excluding hydrogens is 375 g/mol. The Kier molecular flexibility index (Phi) is 5.48. The van der Waals surface area contributed by atoms with Crippen LogP contribution in [-0.4, -0.2) is 12.2 Å². The van der Waals surface area contributed by atoms with E-state index in [0.717, 1.165) is 16.2 Å². The normalized spacial score (nSPS) is 15.6. The van der Waals surface area contributed by atoms with Crippen molar-refractivity contribution in [2.75, 3.05) is 7.11 Å². The van der Waals surface area contributed by atoms with E-state index in [1.165, 1.54) is 6.07 Å². The van der Waals surface area contributed by atoms with Crippen LogP contribution in [0.3, 0.4) is 0 Å². The molecule has 1 aliphatic heterocycles. The van der Waals surface area contributed by atoms with Gasteiger partial charge in [0.25, 0.3) is 0 Å². The van der Waals surface area contributed by atoms with Gasteiger partial charge in [-0.1, -0.05) is 66.4 Å². The summed E-state index contributed by atoms with van der Waals surface area (Å²) in [6.07, 6.45) is 0. The van der Waals surface area contributed by atoms with E-state index in [0.29, 0.717) is 17.1 Å². The Hall–Kier alpha value is -2.99. The Labute approximate surface area is 167 Å². The highest BCUT2D eigenvalue weighted by Gasteiger charge is 2.23. The number of benzene rings is 3. The number of hydrazone groups is 1. The molecule has 0 aromatic heterocycles. The second-order valence-corrected chi connectivity index (χ2v) is 7.29. The van der Waals surface area contributed by atoms with Gasteiger partial charge in [-0.2, -0.15) is 5.10 Å². The van der Waals surface area contributed by atoms with Crippen LogP contribution in [0.4, 0.5) is 4.39 Å². The summed E-state index contributed by atoms with van der Waals surface area (Å²) in [5.41, 5.74) is 5.77. The van der Waals surface area contributed by atoms with E-state index in [1.807, 2.05) is 48.5 Å². The van der Waals surface area contributed by atoms with Crippen molar-refractivity contribution in [2.24, 2.45) is 5.10 Å². The molecule has 4 nitrogen and oxygen atoms in total. The molecule has 1 heterocycles. The molecule has 0 amide bonds. The number of halogens is 1. The molecule has 0 saturated heterocycles. The maximum absolute atomic E-state index is 13.8. The lowest BCUT2D eigenvalue weighted by atomic mass is 10.2. The number of thioether (sulfide) groups is 1. The maximum atomic E-state index is 13.8. The number of methoxy groups -OCH3 is 1. The number of ether oxygens (including phenoxy) is 2. The first-order valence-corrected chi connectivity index (χ1v) is 9.72. The van der Waals surface area contributed by atoms with Crippen LogP contribution >= 0.6 is 11.8 Å². The van der Waals surface area contributed by atoms with Crippen molar-refractivity contribution >= 4 is 16.8 Å². The van der Waals surface area contributed by atoms with Gasteiger partial charge in [0.1, 0.15) is 22.8 Å². The lowest BCUT2D eigenvalue weighted by molar-refractivity contribution is 0.279. The van der Waals surface area contributed by atoms with Crippen LogP contribution in [0.1, 0.15) is 22.1 Å². The predicted octanol–water partition coefficient (Wildman–Crippen LogP) is 5.11. The molecule has 0 aliphatic carbocycles. The second kappa shape index (κ2) is 8.35. The highest BCUT2D eigenvalue weighted by molar-refractivity contribution is 8.14. The number of rotatable bonds is 6. The third kappa shape index (κ3) is 3.97. The fourth-order valence-corrected chi connectivity index (χ4v) is 3.86. The molecule has 0 saturated carbocycles. The molecule has 6 heteroatoms. The van der Waals surface area contributed by atoms with Crippen molar-refractivity contribution < 1.29 is 13.9 Å². The highest BCUT2D eigenvalue weighted by atomic mass is 32.2. The summed E-state index contributed by atoms with van der Waals surface area (Å²) >= 11 is 1.65. The fourth-order valence-electron chi connectivity index (χ4n) is 2.87. The van der Waals surface area contributed by atoms with Gasteiger partial charge in [-0.3, -0.25) is 5.43 Å². The summed E-state index contributed by atoms with van der Waals surface area (Å²) in [4.78, 5) is 0. The molecular formula is C22H19FN2O2S. The summed E-state index contributed by atoms with van der Waals surface area (Å²) < 4.78 is 25.0. The maximum Gasteiger partial charge on any atom is 0.161 e. The first-order chi connectivity index (χ1) is 13.7. The molecule has 142 valence electrons. The topological polar surface area (TPSA) is 42.8 Å². The summed E-state index contributed by atoms with van der Waals surface area (Å²) in [6, 6.07) is 22.4. The van der Waals surface area contributed by atoms with Gasteiger partial charge in [0.2, 0.25) is 0 Å². The Balaban J connectivity index is 1.46. The molecule has 1 aliphatic rings. The molecule has 0 fully saturated rings. The van der Waals surface area contributed by atoms with Crippen molar-refractivity contribution in [1.29, 1.82) is 0 Å². The third-order valence-electron chi connectivity index (χ3n) is 4.37. The molecule has 28 heavy (non-hydrogen) atoms. The SMILES string of the molecule is COc1cc([C@H]2NN=C(c3ccccc3)S2)ccc1OCc1ccccc1F. The van der Waals surface area contributed by atoms with Crippen molar-refractivity contribution in [3.8, 4) is 11.5 Å². The van der Waals surface area contributed by atoms with Crippen LogP contribution in [0, 0.1) is 5.82 Å². The van der Waals surface area contributed by atoms with Crippen LogP contribution in [0.2, 0.25) is 0 Å². The zero-order valence-electron chi connectivity index (χ0n) is 15.3. The monoisotopic (exact) mass is 394 g/mol. The van der Waals surface area contributed by atoms with Crippen molar-refractivity contribution in [3.05, 3.63) is 95.3 Å². The molecule has 1 N–H and O–H groups in total. The van der Waals surface area contributed by atoms with Crippen LogP contribution in [0.5, 0.6) is 11.5 Å². The third-order valence-corrected chi connectivity index (χ3v) is 5.53. The second-order valence-electron chi connectivity index (χ2n) is 6.20. The van der Waals surface area contributed by atoms with Gasteiger partial charge in [0.15, 0.2) is 11.5 Å². The van der Waals surface area contributed by atoms with Crippen LogP contribution < -0.4 is 14.9 Å². The standard InChI is InChI=1S/C22H19FN2O2S/c1-26-20-13-16(22-25-24-21(28-22)15-7-3-2-4-8-15)11-12-19(20)27-14-17-9-5-6-10-18(17)23/h2-13,22,25H,14H2,1H3/t22-/m0/s1. The minimum atomic E-state index is -0.282. The lowest BCUT2D eigenvalue weighted by Gasteiger charge is -2.15. The van der Waals surface area contributed by atoms with E-state index in [9.17, 15) is 4.39 Å². The Morgan fingerprint density at radius 3 is 2.57 bits per heavy atom.